The fourth-order valence-electron chi connectivity index (χ4n) is 1.52. The molecule has 0 saturated heterocycles. The Morgan fingerprint density at radius 3 is 2.53 bits per heavy atom. The summed E-state index contributed by atoms with van der Waals surface area (Å²) in [6, 6.07) is 7.11. The summed E-state index contributed by atoms with van der Waals surface area (Å²) in [5, 5.41) is 2.52. The van der Waals surface area contributed by atoms with Crippen molar-refractivity contribution in [2.24, 2.45) is 0 Å². The zero-order valence-electron chi connectivity index (χ0n) is 11.1. The number of nitrogens with one attached hydrogen (secondary N) is 1. The second-order valence-corrected chi connectivity index (χ2v) is 4.31. The molecule has 0 radical (unpaired) electrons. The van der Waals surface area contributed by atoms with E-state index >= 15 is 0 Å². The van der Waals surface area contributed by atoms with Gasteiger partial charge in [-0.05, 0) is 24.1 Å². The molecule has 0 saturated carbocycles. The van der Waals surface area contributed by atoms with Crippen LogP contribution < -0.4 is 11.1 Å². The van der Waals surface area contributed by atoms with E-state index in [-0.39, 0.29) is 6.42 Å². The number of amides is 1. The quantitative estimate of drug-likeness (QED) is 0.358. The number of unbranched alkanes of at least 4 members (excludes halogenated alkanes) is 2. The molecular weight excluding hydrogens is 244 g/mol. The van der Waals surface area contributed by atoms with E-state index in [9.17, 15) is 9.59 Å². The number of nitrogen functional groups attached to an aromatic ring is 1. The molecule has 0 bridgehead atoms. The Hall–Kier alpha value is -2.04. The summed E-state index contributed by atoms with van der Waals surface area (Å²) in [4.78, 5) is 22.6. The molecular formula is C14H20N2O3. The van der Waals surface area contributed by atoms with Crippen molar-refractivity contribution >= 4 is 17.7 Å². The topological polar surface area (TPSA) is 81.4 Å². The number of rotatable bonds is 6. The van der Waals surface area contributed by atoms with Gasteiger partial charge in [-0.15, -0.1) is 0 Å². The van der Waals surface area contributed by atoms with Crippen LogP contribution in [0.3, 0.4) is 0 Å². The molecule has 0 aliphatic rings. The van der Waals surface area contributed by atoms with Crippen molar-refractivity contribution in [3.8, 4) is 0 Å². The van der Waals surface area contributed by atoms with Gasteiger partial charge < -0.3 is 15.8 Å². The van der Waals surface area contributed by atoms with Crippen molar-refractivity contribution in [1.82, 2.24) is 5.32 Å². The Morgan fingerprint density at radius 2 is 1.89 bits per heavy atom. The van der Waals surface area contributed by atoms with E-state index in [1.807, 2.05) is 6.92 Å². The molecule has 0 spiro atoms. The molecule has 0 atom stereocenters. The zero-order valence-corrected chi connectivity index (χ0v) is 11.1. The Morgan fingerprint density at radius 1 is 1.21 bits per heavy atom. The second-order valence-electron chi connectivity index (χ2n) is 4.31. The molecule has 104 valence electrons. The zero-order chi connectivity index (χ0) is 14.1. The van der Waals surface area contributed by atoms with Crippen molar-refractivity contribution < 1.29 is 14.3 Å². The van der Waals surface area contributed by atoms with Crippen LogP contribution in [-0.2, 0) is 16.1 Å². The van der Waals surface area contributed by atoms with E-state index in [4.69, 9.17) is 5.73 Å². The number of carbonyl (C=O) groups is 2. The highest BCUT2D eigenvalue weighted by molar-refractivity contribution is 5.84. The summed E-state index contributed by atoms with van der Waals surface area (Å²) in [7, 11) is 0. The van der Waals surface area contributed by atoms with Crippen LogP contribution in [0, 0.1) is 0 Å². The van der Waals surface area contributed by atoms with Gasteiger partial charge in [-0.25, -0.2) is 4.79 Å². The molecule has 1 aromatic rings. The predicted molar refractivity (Wildman–Crippen MR) is 73.3 cm³/mol. The van der Waals surface area contributed by atoms with Crippen LogP contribution in [0.25, 0.3) is 0 Å². The number of anilines is 1. The summed E-state index contributed by atoms with van der Waals surface area (Å²) < 4.78 is 4.63. The van der Waals surface area contributed by atoms with Crippen LogP contribution >= 0.6 is 0 Å². The van der Waals surface area contributed by atoms with Gasteiger partial charge in [-0.1, -0.05) is 31.9 Å². The summed E-state index contributed by atoms with van der Waals surface area (Å²) in [6.45, 7) is 2.35. The molecule has 3 N–H and O–H groups in total. The maximum Gasteiger partial charge on any atom is 0.415 e. The third-order valence-electron chi connectivity index (χ3n) is 2.61. The number of alkyl carbamates (subject to hydrolysis) is 1. The molecule has 5 heteroatoms. The minimum atomic E-state index is -0.710. The van der Waals surface area contributed by atoms with Gasteiger partial charge in [0.2, 0.25) is 0 Å². The van der Waals surface area contributed by atoms with Crippen LogP contribution in [0.1, 0.15) is 38.2 Å². The minimum Gasteiger partial charge on any atom is -0.399 e. The Kier molecular flexibility index (Phi) is 6.43. The van der Waals surface area contributed by atoms with Crippen LogP contribution in [0.4, 0.5) is 10.5 Å². The summed E-state index contributed by atoms with van der Waals surface area (Å²) in [5.74, 6) is -0.483. The maximum atomic E-state index is 11.3. The first kappa shape index (κ1) is 15.0. The SMILES string of the molecule is CCCCCC(=O)OC(=O)NCc1ccc(N)cc1. The second kappa shape index (κ2) is 8.13. The number of hydrogen-bond donors (Lipinski definition) is 2. The van der Waals surface area contributed by atoms with Crippen molar-refractivity contribution in [3.05, 3.63) is 29.8 Å². The average Bonchev–Trinajstić information content (AvgIpc) is 2.38. The first-order valence-electron chi connectivity index (χ1n) is 6.44. The van der Waals surface area contributed by atoms with Crippen molar-refractivity contribution in [3.63, 3.8) is 0 Å². The van der Waals surface area contributed by atoms with Crippen LogP contribution in [-0.4, -0.2) is 12.1 Å². The first-order valence-corrected chi connectivity index (χ1v) is 6.44. The van der Waals surface area contributed by atoms with Gasteiger partial charge in [0.05, 0.1) is 0 Å². The van der Waals surface area contributed by atoms with Crippen molar-refractivity contribution in [1.29, 1.82) is 0 Å². The standard InChI is InChI=1S/C14H20N2O3/c1-2-3-4-5-13(17)19-14(18)16-10-11-6-8-12(15)9-7-11/h6-9H,2-5,10,15H2,1H3,(H,16,18). The molecule has 0 heterocycles. The van der Waals surface area contributed by atoms with Gasteiger partial charge in [-0.2, -0.15) is 0 Å². The number of ether oxygens (including phenoxy) is 1. The summed E-state index contributed by atoms with van der Waals surface area (Å²) in [5.41, 5.74) is 7.11. The Bertz CT molecular complexity index is 415. The highest BCUT2D eigenvalue weighted by Gasteiger charge is 2.09. The third kappa shape index (κ3) is 6.45. The smallest absolute Gasteiger partial charge is 0.399 e. The van der Waals surface area contributed by atoms with Crippen LogP contribution in [0.15, 0.2) is 24.3 Å². The van der Waals surface area contributed by atoms with Crippen LogP contribution in [0.2, 0.25) is 0 Å². The average molecular weight is 264 g/mol. The lowest BCUT2D eigenvalue weighted by molar-refractivity contribution is -0.137. The van der Waals surface area contributed by atoms with E-state index < -0.39 is 12.1 Å². The lowest BCUT2D eigenvalue weighted by atomic mass is 10.2. The van der Waals surface area contributed by atoms with E-state index in [1.165, 1.54) is 0 Å². The largest absolute Gasteiger partial charge is 0.415 e. The minimum absolute atomic E-state index is 0.281. The molecule has 0 aromatic heterocycles. The van der Waals surface area contributed by atoms with Gasteiger partial charge in [0.25, 0.3) is 0 Å². The van der Waals surface area contributed by atoms with E-state index in [0.717, 1.165) is 24.8 Å². The summed E-state index contributed by atoms with van der Waals surface area (Å²) >= 11 is 0. The molecule has 0 fully saturated rings. The number of carbonyl (C=O) groups excluding carboxylic acids is 2. The third-order valence-corrected chi connectivity index (χ3v) is 2.61. The monoisotopic (exact) mass is 264 g/mol. The molecule has 0 aliphatic heterocycles. The van der Waals surface area contributed by atoms with Gasteiger partial charge in [-0.3, -0.25) is 4.79 Å². The number of hydrogen-bond acceptors (Lipinski definition) is 4. The number of benzene rings is 1. The fourth-order valence-corrected chi connectivity index (χ4v) is 1.52. The van der Waals surface area contributed by atoms with Crippen molar-refractivity contribution in [2.75, 3.05) is 5.73 Å². The first-order chi connectivity index (χ1) is 9.11. The lowest BCUT2D eigenvalue weighted by Gasteiger charge is -2.06. The molecule has 1 rings (SSSR count). The van der Waals surface area contributed by atoms with Crippen LogP contribution in [0.5, 0.6) is 0 Å². The number of nitrogens with two attached hydrogens (primary N) is 1. The molecule has 1 aromatic carbocycles. The van der Waals surface area contributed by atoms with Gasteiger partial charge >= 0.3 is 12.1 Å². The molecule has 0 aliphatic carbocycles. The predicted octanol–water partition coefficient (Wildman–Crippen LogP) is 2.60. The lowest BCUT2D eigenvalue weighted by Crippen LogP contribution is -2.26. The Labute approximate surface area is 113 Å². The van der Waals surface area contributed by atoms with E-state index in [1.54, 1.807) is 24.3 Å². The van der Waals surface area contributed by atoms with Gasteiger partial charge in [0.1, 0.15) is 0 Å². The van der Waals surface area contributed by atoms with E-state index in [2.05, 4.69) is 10.1 Å². The molecule has 19 heavy (non-hydrogen) atoms. The summed E-state index contributed by atoms with van der Waals surface area (Å²) in [6.07, 6.45) is 2.31. The van der Waals surface area contributed by atoms with Gasteiger partial charge in [0.15, 0.2) is 0 Å². The van der Waals surface area contributed by atoms with Gasteiger partial charge in [0, 0.05) is 18.7 Å². The van der Waals surface area contributed by atoms with E-state index in [0.29, 0.717) is 12.2 Å². The molecule has 5 nitrogen and oxygen atoms in total. The van der Waals surface area contributed by atoms with Crippen molar-refractivity contribution in [2.45, 2.75) is 39.2 Å². The maximum absolute atomic E-state index is 11.3. The highest BCUT2D eigenvalue weighted by atomic mass is 16.6. The molecule has 0 unspecified atom stereocenters. The normalized spacial score (nSPS) is 9.95. The number of esters is 1. The fraction of sp³-hybridized carbons (Fsp3) is 0.429. The highest BCUT2D eigenvalue weighted by Crippen LogP contribution is 2.05. The Balaban J connectivity index is 2.24. The molecule has 1 amide bonds.